The third-order valence-corrected chi connectivity index (χ3v) is 1.26. The molecule has 0 unspecified atom stereocenters. The number of halogens is 1. The van der Waals surface area contributed by atoms with Crippen molar-refractivity contribution in [3.63, 3.8) is 0 Å². The van der Waals surface area contributed by atoms with Crippen molar-refractivity contribution in [1.29, 1.82) is 0 Å². The van der Waals surface area contributed by atoms with Gasteiger partial charge in [0.15, 0.2) is 0 Å². The Kier molecular flexibility index (Phi) is 4.07. The molecule has 0 aliphatic heterocycles. The van der Waals surface area contributed by atoms with Gasteiger partial charge in [0.1, 0.15) is 0 Å². The van der Waals surface area contributed by atoms with E-state index in [1.54, 1.807) is 6.33 Å². The van der Waals surface area contributed by atoms with Crippen LogP contribution in [0.3, 0.4) is 0 Å². The van der Waals surface area contributed by atoms with Crippen LogP contribution < -0.4 is 5.73 Å². The maximum Gasteiger partial charge on any atom is 0.0949 e. The third-order valence-electron chi connectivity index (χ3n) is 1.26. The molecular formula is C6H12ClN3. The summed E-state index contributed by atoms with van der Waals surface area (Å²) in [5.41, 5.74) is 6.30. The van der Waals surface area contributed by atoms with Gasteiger partial charge < -0.3 is 10.3 Å². The number of nitrogens with two attached hydrogens (primary N) is 1. The van der Waals surface area contributed by atoms with Crippen molar-refractivity contribution in [1.82, 2.24) is 9.55 Å². The molecule has 0 aliphatic carbocycles. The molecule has 4 heteroatoms. The summed E-state index contributed by atoms with van der Waals surface area (Å²) in [5.74, 6) is 0. The second kappa shape index (κ2) is 4.30. The normalized spacial score (nSPS) is 9.00. The quantitative estimate of drug-likeness (QED) is 0.697. The third kappa shape index (κ3) is 2.01. The first-order valence-corrected chi connectivity index (χ1v) is 3.07. The summed E-state index contributed by atoms with van der Waals surface area (Å²) in [5, 5.41) is 0. The van der Waals surface area contributed by atoms with Crippen LogP contribution in [-0.4, -0.2) is 9.55 Å². The Labute approximate surface area is 66.7 Å². The maximum atomic E-state index is 5.34. The van der Waals surface area contributed by atoms with E-state index >= 15 is 0 Å². The van der Waals surface area contributed by atoms with Crippen LogP contribution in [0.1, 0.15) is 12.6 Å². The van der Waals surface area contributed by atoms with Gasteiger partial charge in [-0.05, 0) is 6.92 Å². The maximum absolute atomic E-state index is 5.34. The SMILES string of the molecule is CCn1cnc(CN)c1.Cl. The van der Waals surface area contributed by atoms with E-state index in [-0.39, 0.29) is 12.4 Å². The molecule has 1 heterocycles. The van der Waals surface area contributed by atoms with Crippen LogP contribution in [0.2, 0.25) is 0 Å². The fourth-order valence-electron chi connectivity index (χ4n) is 0.685. The lowest BCUT2D eigenvalue weighted by Gasteiger charge is -1.89. The van der Waals surface area contributed by atoms with E-state index in [2.05, 4.69) is 11.9 Å². The van der Waals surface area contributed by atoms with Gasteiger partial charge in [-0.15, -0.1) is 12.4 Å². The average Bonchev–Trinajstić information content (AvgIpc) is 2.34. The number of rotatable bonds is 2. The molecule has 2 N–H and O–H groups in total. The van der Waals surface area contributed by atoms with Crippen molar-refractivity contribution < 1.29 is 0 Å². The number of nitrogens with zero attached hydrogens (tertiary/aromatic N) is 2. The van der Waals surface area contributed by atoms with Gasteiger partial charge in [0, 0.05) is 19.3 Å². The number of aromatic nitrogens is 2. The molecule has 1 aromatic heterocycles. The zero-order chi connectivity index (χ0) is 6.69. The first-order valence-electron chi connectivity index (χ1n) is 3.07. The lowest BCUT2D eigenvalue weighted by molar-refractivity contribution is 0.760. The minimum absolute atomic E-state index is 0. The summed E-state index contributed by atoms with van der Waals surface area (Å²) >= 11 is 0. The predicted molar refractivity (Wildman–Crippen MR) is 43.0 cm³/mol. The van der Waals surface area contributed by atoms with Gasteiger partial charge in [-0.1, -0.05) is 0 Å². The molecule has 0 atom stereocenters. The van der Waals surface area contributed by atoms with Crippen LogP contribution in [-0.2, 0) is 13.1 Å². The fraction of sp³-hybridized carbons (Fsp3) is 0.500. The van der Waals surface area contributed by atoms with Crippen LogP contribution in [0.25, 0.3) is 0 Å². The zero-order valence-corrected chi connectivity index (χ0v) is 6.77. The van der Waals surface area contributed by atoms with Crippen LogP contribution in [0, 0.1) is 0 Å². The summed E-state index contributed by atoms with van der Waals surface area (Å²) in [7, 11) is 0. The monoisotopic (exact) mass is 161 g/mol. The Morgan fingerprint density at radius 3 is 2.70 bits per heavy atom. The summed E-state index contributed by atoms with van der Waals surface area (Å²) in [4.78, 5) is 4.04. The van der Waals surface area contributed by atoms with Crippen LogP contribution in [0.15, 0.2) is 12.5 Å². The Hall–Kier alpha value is -0.540. The van der Waals surface area contributed by atoms with Gasteiger partial charge in [-0.25, -0.2) is 4.98 Å². The van der Waals surface area contributed by atoms with Crippen molar-refractivity contribution in [3.8, 4) is 0 Å². The van der Waals surface area contributed by atoms with Crippen molar-refractivity contribution in [2.24, 2.45) is 5.73 Å². The summed E-state index contributed by atoms with van der Waals surface area (Å²) < 4.78 is 2.00. The highest BCUT2D eigenvalue weighted by Crippen LogP contribution is 1.92. The van der Waals surface area contributed by atoms with Gasteiger partial charge in [0.25, 0.3) is 0 Å². The number of aryl methyl sites for hydroxylation is 1. The van der Waals surface area contributed by atoms with E-state index in [0.717, 1.165) is 12.2 Å². The van der Waals surface area contributed by atoms with Crippen LogP contribution >= 0.6 is 12.4 Å². The standard InChI is InChI=1S/C6H11N3.ClH/c1-2-9-4-6(3-7)8-5-9;/h4-5H,2-3,7H2,1H3;1H. The number of hydrogen-bond donors (Lipinski definition) is 1. The van der Waals surface area contributed by atoms with Gasteiger partial charge in [-0.2, -0.15) is 0 Å². The second-order valence-corrected chi connectivity index (χ2v) is 1.90. The molecule has 0 aromatic carbocycles. The molecule has 0 radical (unpaired) electrons. The first kappa shape index (κ1) is 9.46. The molecule has 10 heavy (non-hydrogen) atoms. The predicted octanol–water partition coefficient (Wildman–Crippen LogP) is 0.783. The highest BCUT2D eigenvalue weighted by Gasteiger charge is 1.91. The second-order valence-electron chi connectivity index (χ2n) is 1.90. The summed E-state index contributed by atoms with van der Waals surface area (Å²) in [6.45, 7) is 3.57. The number of hydrogen-bond acceptors (Lipinski definition) is 2. The summed E-state index contributed by atoms with van der Waals surface area (Å²) in [6.07, 6.45) is 3.75. The minimum Gasteiger partial charge on any atom is -0.337 e. The molecule has 58 valence electrons. The van der Waals surface area contributed by atoms with Gasteiger partial charge in [0.05, 0.1) is 12.0 Å². The van der Waals surface area contributed by atoms with E-state index in [9.17, 15) is 0 Å². The lowest BCUT2D eigenvalue weighted by Crippen LogP contribution is -1.95. The van der Waals surface area contributed by atoms with Gasteiger partial charge in [0.2, 0.25) is 0 Å². The Balaban J connectivity index is 0.000000810. The Morgan fingerprint density at radius 2 is 2.40 bits per heavy atom. The molecule has 0 saturated carbocycles. The average molecular weight is 162 g/mol. The molecule has 3 nitrogen and oxygen atoms in total. The summed E-state index contributed by atoms with van der Waals surface area (Å²) in [6, 6.07) is 0. The zero-order valence-electron chi connectivity index (χ0n) is 5.95. The largest absolute Gasteiger partial charge is 0.337 e. The molecular weight excluding hydrogens is 150 g/mol. The molecule has 1 aromatic rings. The molecule has 0 bridgehead atoms. The van der Waals surface area contributed by atoms with E-state index in [1.165, 1.54) is 0 Å². The van der Waals surface area contributed by atoms with Crippen molar-refractivity contribution in [2.75, 3.05) is 0 Å². The van der Waals surface area contributed by atoms with E-state index < -0.39 is 0 Å². The topological polar surface area (TPSA) is 43.8 Å². The first-order chi connectivity index (χ1) is 4.36. The van der Waals surface area contributed by atoms with Crippen LogP contribution in [0.4, 0.5) is 0 Å². The van der Waals surface area contributed by atoms with Crippen molar-refractivity contribution >= 4 is 12.4 Å². The highest BCUT2D eigenvalue weighted by molar-refractivity contribution is 5.85. The van der Waals surface area contributed by atoms with E-state index in [0.29, 0.717) is 6.54 Å². The van der Waals surface area contributed by atoms with Crippen LogP contribution in [0.5, 0.6) is 0 Å². The smallest absolute Gasteiger partial charge is 0.0949 e. The van der Waals surface area contributed by atoms with E-state index in [1.807, 2.05) is 10.8 Å². The van der Waals surface area contributed by atoms with Gasteiger partial charge in [-0.3, -0.25) is 0 Å². The van der Waals surface area contributed by atoms with Crippen molar-refractivity contribution in [2.45, 2.75) is 20.0 Å². The molecule has 0 spiro atoms. The van der Waals surface area contributed by atoms with E-state index in [4.69, 9.17) is 5.73 Å². The Bertz CT molecular complexity index is 166. The molecule has 0 amide bonds. The van der Waals surface area contributed by atoms with Crippen molar-refractivity contribution in [3.05, 3.63) is 18.2 Å². The molecule has 0 fully saturated rings. The Morgan fingerprint density at radius 1 is 1.70 bits per heavy atom. The molecule has 1 rings (SSSR count). The molecule has 0 saturated heterocycles. The van der Waals surface area contributed by atoms with Gasteiger partial charge >= 0.3 is 0 Å². The highest BCUT2D eigenvalue weighted by atomic mass is 35.5. The number of imidazole rings is 1. The minimum atomic E-state index is 0. The fourth-order valence-corrected chi connectivity index (χ4v) is 0.685. The lowest BCUT2D eigenvalue weighted by atomic mass is 10.5. The molecule has 0 aliphatic rings.